The van der Waals surface area contributed by atoms with E-state index in [1.807, 2.05) is 0 Å². The maximum Gasteiger partial charge on any atom is 0.254 e. The summed E-state index contributed by atoms with van der Waals surface area (Å²) in [5.74, 6) is 2.29. The summed E-state index contributed by atoms with van der Waals surface area (Å²) in [6, 6.07) is 0. The number of hydrogen-bond donors (Lipinski definition) is 1. The summed E-state index contributed by atoms with van der Waals surface area (Å²) in [6.07, 6.45) is 10.4. The van der Waals surface area contributed by atoms with Gasteiger partial charge in [-0.25, -0.2) is 4.98 Å². The van der Waals surface area contributed by atoms with E-state index in [4.69, 9.17) is 4.98 Å². The van der Waals surface area contributed by atoms with Gasteiger partial charge in [0.2, 0.25) is 0 Å². The molecule has 1 heterocycles. The standard InChI is InChI=1S/C16H24N2O/c1-2-11-8-9-12(10-11)15-17-14-7-5-3-4-6-13(14)16(19)18-15/h11-12H,2-10H2,1H3,(H,17,18,19). The number of nitrogens with zero attached hydrogens (tertiary/aromatic N) is 1. The number of nitrogens with one attached hydrogen (secondary N) is 1. The van der Waals surface area contributed by atoms with Crippen LogP contribution in [0.1, 0.15) is 74.9 Å². The van der Waals surface area contributed by atoms with Gasteiger partial charge in [-0.05, 0) is 50.9 Å². The number of aromatic amines is 1. The van der Waals surface area contributed by atoms with Crippen molar-refractivity contribution < 1.29 is 0 Å². The van der Waals surface area contributed by atoms with E-state index in [0.29, 0.717) is 5.92 Å². The molecule has 2 aliphatic carbocycles. The first kappa shape index (κ1) is 12.9. The van der Waals surface area contributed by atoms with Crippen LogP contribution in [-0.4, -0.2) is 9.97 Å². The lowest BCUT2D eigenvalue weighted by molar-refractivity contribution is 0.515. The molecule has 104 valence electrons. The molecule has 0 bridgehead atoms. The summed E-state index contributed by atoms with van der Waals surface area (Å²) in [6.45, 7) is 2.26. The fraction of sp³-hybridized carbons (Fsp3) is 0.750. The Balaban J connectivity index is 1.89. The minimum atomic E-state index is 0.141. The lowest BCUT2D eigenvalue weighted by atomic mass is 10.0. The molecule has 3 rings (SSSR count). The van der Waals surface area contributed by atoms with Crippen LogP contribution in [0.25, 0.3) is 0 Å². The Labute approximate surface area is 114 Å². The van der Waals surface area contributed by atoms with Gasteiger partial charge in [0.25, 0.3) is 5.56 Å². The van der Waals surface area contributed by atoms with Crippen molar-refractivity contribution in [3.63, 3.8) is 0 Å². The van der Waals surface area contributed by atoms with Gasteiger partial charge in [0.15, 0.2) is 0 Å². The van der Waals surface area contributed by atoms with E-state index in [1.165, 1.54) is 38.5 Å². The highest BCUT2D eigenvalue weighted by molar-refractivity contribution is 5.21. The van der Waals surface area contributed by atoms with Gasteiger partial charge in [0, 0.05) is 11.5 Å². The van der Waals surface area contributed by atoms with Gasteiger partial charge in [-0.15, -0.1) is 0 Å². The van der Waals surface area contributed by atoms with Crippen molar-refractivity contribution in [2.75, 3.05) is 0 Å². The molecule has 1 N–H and O–H groups in total. The second-order valence-corrected chi connectivity index (χ2v) is 6.22. The Morgan fingerprint density at radius 3 is 2.84 bits per heavy atom. The van der Waals surface area contributed by atoms with E-state index in [-0.39, 0.29) is 5.56 Å². The summed E-state index contributed by atoms with van der Waals surface area (Å²) in [5, 5.41) is 0. The maximum absolute atomic E-state index is 12.2. The van der Waals surface area contributed by atoms with Gasteiger partial charge >= 0.3 is 0 Å². The minimum absolute atomic E-state index is 0.141. The quantitative estimate of drug-likeness (QED) is 0.829. The predicted molar refractivity (Wildman–Crippen MR) is 76.5 cm³/mol. The fourth-order valence-electron chi connectivity index (χ4n) is 3.69. The molecule has 1 saturated carbocycles. The van der Waals surface area contributed by atoms with Crippen molar-refractivity contribution in [3.05, 3.63) is 27.4 Å². The number of aryl methyl sites for hydroxylation is 1. The molecular formula is C16H24N2O. The molecule has 0 spiro atoms. The Hall–Kier alpha value is -1.12. The molecule has 0 amide bonds. The Morgan fingerprint density at radius 1 is 1.21 bits per heavy atom. The Morgan fingerprint density at radius 2 is 2.05 bits per heavy atom. The maximum atomic E-state index is 12.2. The first-order valence-electron chi connectivity index (χ1n) is 7.90. The van der Waals surface area contributed by atoms with E-state index in [1.54, 1.807) is 0 Å². The van der Waals surface area contributed by atoms with Crippen LogP contribution in [-0.2, 0) is 12.8 Å². The smallest absolute Gasteiger partial charge is 0.254 e. The van der Waals surface area contributed by atoms with E-state index in [9.17, 15) is 4.79 Å². The van der Waals surface area contributed by atoms with Crippen LogP contribution in [0, 0.1) is 5.92 Å². The van der Waals surface area contributed by atoms with E-state index in [2.05, 4.69) is 11.9 Å². The second-order valence-electron chi connectivity index (χ2n) is 6.22. The average molecular weight is 260 g/mol. The average Bonchev–Trinajstić information content (AvgIpc) is 2.77. The highest BCUT2D eigenvalue weighted by Crippen LogP contribution is 2.38. The zero-order valence-corrected chi connectivity index (χ0v) is 11.9. The second kappa shape index (κ2) is 5.48. The molecule has 2 aliphatic rings. The number of rotatable bonds is 2. The molecule has 3 nitrogen and oxygen atoms in total. The third-order valence-corrected chi connectivity index (χ3v) is 4.97. The molecule has 19 heavy (non-hydrogen) atoms. The molecule has 1 fully saturated rings. The van der Waals surface area contributed by atoms with Crippen LogP contribution in [0.5, 0.6) is 0 Å². The highest BCUT2D eigenvalue weighted by Gasteiger charge is 2.27. The van der Waals surface area contributed by atoms with Gasteiger partial charge in [-0.3, -0.25) is 4.79 Å². The van der Waals surface area contributed by atoms with Crippen LogP contribution in [0.4, 0.5) is 0 Å². The van der Waals surface area contributed by atoms with Crippen LogP contribution < -0.4 is 5.56 Å². The molecule has 0 radical (unpaired) electrons. The van der Waals surface area contributed by atoms with E-state index in [0.717, 1.165) is 42.3 Å². The summed E-state index contributed by atoms with van der Waals surface area (Å²) in [5.41, 5.74) is 2.20. The van der Waals surface area contributed by atoms with Gasteiger partial charge in [-0.1, -0.05) is 19.8 Å². The van der Waals surface area contributed by atoms with E-state index < -0.39 is 0 Å². The van der Waals surface area contributed by atoms with Crippen molar-refractivity contribution in [2.45, 2.75) is 70.6 Å². The molecule has 0 aliphatic heterocycles. The molecule has 0 aromatic carbocycles. The summed E-state index contributed by atoms with van der Waals surface area (Å²) < 4.78 is 0. The Kier molecular flexibility index (Phi) is 3.72. The van der Waals surface area contributed by atoms with E-state index >= 15 is 0 Å². The fourth-order valence-corrected chi connectivity index (χ4v) is 3.69. The Bertz CT molecular complexity index is 506. The van der Waals surface area contributed by atoms with Crippen molar-refractivity contribution in [1.82, 2.24) is 9.97 Å². The highest BCUT2D eigenvalue weighted by atomic mass is 16.1. The van der Waals surface area contributed by atoms with Crippen molar-refractivity contribution in [3.8, 4) is 0 Å². The predicted octanol–water partition coefficient (Wildman–Crippen LogP) is 3.33. The first-order chi connectivity index (χ1) is 9.28. The zero-order chi connectivity index (χ0) is 13.2. The largest absolute Gasteiger partial charge is 0.310 e. The number of H-pyrrole nitrogens is 1. The summed E-state index contributed by atoms with van der Waals surface area (Å²) >= 11 is 0. The lowest BCUT2D eigenvalue weighted by Gasteiger charge is -2.12. The van der Waals surface area contributed by atoms with Crippen molar-refractivity contribution in [1.29, 1.82) is 0 Å². The number of hydrogen-bond acceptors (Lipinski definition) is 2. The number of fused-ring (bicyclic) bond motifs is 1. The SMILES string of the molecule is CCC1CCC(c2nc3c(c(=O)[nH]2)CCCCC3)C1. The van der Waals surface area contributed by atoms with Crippen LogP contribution >= 0.6 is 0 Å². The molecular weight excluding hydrogens is 236 g/mol. The molecule has 2 unspecified atom stereocenters. The lowest BCUT2D eigenvalue weighted by Crippen LogP contribution is -2.21. The normalized spacial score (nSPS) is 27.0. The van der Waals surface area contributed by atoms with Crippen LogP contribution in [0.3, 0.4) is 0 Å². The topological polar surface area (TPSA) is 45.8 Å². The van der Waals surface area contributed by atoms with Gasteiger partial charge in [0.1, 0.15) is 5.82 Å². The molecule has 2 atom stereocenters. The molecule has 1 aromatic heterocycles. The number of aromatic nitrogens is 2. The van der Waals surface area contributed by atoms with Gasteiger partial charge in [-0.2, -0.15) is 0 Å². The zero-order valence-electron chi connectivity index (χ0n) is 11.9. The van der Waals surface area contributed by atoms with Crippen molar-refractivity contribution in [2.24, 2.45) is 5.92 Å². The summed E-state index contributed by atoms with van der Waals surface area (Å²) in [4.78, 5) is 20.2. The van der Waals surface area contributed by atoms with Crippen LogP contribution in [0.2, 0.25) is 0 Å². The molecule has 1 aromatic rings. The third kappa shape index (κ3) is 2.60. The first-order valence-corrected chi connectivity index (χ1v) is 7.90. The van der Waals surface area contributed by atoms with Gasteiger partial charge < -0.3 is 4.98 Å². The third-order valence-electron chi connectivity index (χ3n) is 4.97. The molecule has 3 heteroatoms. The minimum Gasteiger partial charge on any atom is -0.310 e. The van der Waals surface area contributed by atoms with Crippen molar-refractivity contribution >= 4 is 0 Å². The molecule has 0 saturated heterocycles. The summed E-state index contributed by atoms with van der Waals surface area (Å²) in [7, 11) is 0. The van der Waals surface area contributed by atoms with Crippen LogP contribution in [0.15, 0.2) is 4.79 Å². The monoisotopic (exact) mass is 260 g/mol. The van der Waals surface area contributed by atoms with Gasteiger partial charge in [0.05, 0.1) is 5.69 Å².